The second-order valence-electron chi connectivity index (χ2n) is 8.78. The molecular weight excluding hydrogens is 368 g/mol. The molecule has 154 valence electrons. The Morgan fingerprint density at radius 1 is 1.23 bits per heavy atom. The number of H-pyrrole nitrogens is 1. The largest absolute Gasteiger partial charge is 0.326 e. The fourth-order valence-electron chi connectivity index (χ4n) is 5.00. The number of aliphatic imine (C=N–C) groups is 1. The summed E-state index contributed by atoms with van der Waals surface area (Å²) in [4.78, 5) is 20.1. The van der Waals surface area contributed by atoms with Gasteiger partial charge in [0.25, 0.3) is 0 Å². The van der Waals surface area contributed by atoms with E-state index >= 15 is 0 Å². The summed E-state index contributed by atoms with van der Waals surface area (Å²) >= 11 is 0. The van der Waals surface area contributed by atoms with Gasteiger partial charge in [0.15, 0.2) is 0 Å². The topological polar surface area (TPSA) is 45.2 Å². The van der Waals surface area contributed by atoms with Gasteiger partial charge >= 0.3 is 0 Å². The Bertz CT molecular complexity index is 1130. The van der Waals surface area contributed by atoms with Crippen LogP contribution in [-0.2, 0) is 12.0 Å². The van der Waals surface area contributed by atoms with Gasteiger partial charge in [0.05, 0.1) is 0 Å². The third kappa shape index (κ3) is 3.65. The quantitative estimate of drug-likeness (QED) is 0.502. The van der Waals surface area contributed by atoms with E-state index in [0.29, 0.717) is 5.92 Å². The smallest absolute Gasteiger partial charge is 0.248 e. The lowest BCUT2D eigenvalue weighted by atomic mass is 9.63. The Labute approximate surface area is 179 Å². The minimum Gasteiger partial charge on any atom is -0.326 e. The average Bonchev–Trinajstić information content (AvgIpc) is 2.70. The molecule has 3 heteroatoms. The van der Waals surface area contributed by atoms with Crippen LogP contribution in [0.4, 0.5) is 0 Å². The molecule has 2 atom stereocenters. The molecular formula is C27H30N2O. The van der Waals surface area contributed by atoms with Crippen LogP contribution in [-0.4, -0.2) is 11.2 Å². The van der Waals surface area contributed by atoms with E-state index in [-0.39, 0.29) is 11.5 Å². The zero-order valence-electron chi connectivity index (χ0n) is 18.3. The lowest BCUT2D eigenvalue weighted by molar-refractivity contribution is 0.413. The molecule has 0 fully saturated rings. The normalized spacial score (nSPS) is 24.6. The van der Waals surface area contributed by atoms with E-state index in [0.717, 1.165) is 24.1 Å². The highest BCUT2D eigenvalue weighted by Gasteiger charge is 2.46. The van der Waals surface area contributed by atoms with Crippen molar-refractivity contribution in [3.63, 3.8) is 0 Å². The number of rotatable bonds is 4. The first kappa shape index (κ1) is 20.3. The van der Waals surface area contributed by atoms with Crippen LogP contribution in [0, 0.1) is 5.92 Å². The van der Waals surface area contributed by atoms with Gasteiger partial charge in [-0.3, -0.25) is 9.79 Å². The summed E-state index contributed by atoms with van der Waals surface area (Å²) < 4.78 is 0. The highest BCUT2D eigenvalue weighted by atomic mass is 16.1. The number of allylic oxidation sites excluding steroid dienone is 3. The molecule has 0 saturated carbocycles. The van der Waals surface area contributed by atoms with Crippen LogP contribution in [0.3, 0.4) is 0 Å². The number of nitrogens with one attached hydrogen (secondary N) is 1. The fraction of sp³-hybridized carbons (Fsp3) is 0.333. The van der Waals surface area contributed by atoms with Crippen LogP contribution in [0.25, 0.3) is 6.08 Å². The van der Waals surface area contributed by atoms with E-state index in [1.165, 1.54) is 22.3 Å². The Kier molecular flexibility index (Phi) is 5.46. The van der Waals surface area contributed by atoms with Crippen molar-refractivity contribution in [2.45, 2.75) is 52.0 Å². The molecule has 0 aliphatic heterocycles. The van der Waals surface area contributed by atoms with Crippen molar-refractivity contribution in [1.82, 2.24) is 4.98 Å². The molecule has 2 aliphatic rings. The van der Waals surface area contributed by atoms with Gasteiger partial charge < -0.3 is 4.98 Å². The molecule has 0 saturated heterocycles. The Morgan fingerprint density at radius 2 is 2.07 bits per heavy atom. The molecule has 2 aliphatic carbocycles. The summed E-state index contributed by atoms with van der Waals surface area (Å²) in [7, 11) is 0. The van der Waals surface area contributed by atoms with E-state index in [9.17, 15) is 4.79 Å². The third-order valence-electron chi connectivity index (χ3n) is 6.33. The summed E-state index contributed by atoms with van der Waals surface area (Å²) in [5.74, 6) is 0.802. The highest BCUT2D eigenvalue weighted by molar-refractivity contribution is 5.79. The summed E-state index contributed by atoms with van der Waals surface area (Å²) in [6, 6.07) is 12.2. The second-order valence-corrected chi connectivity index (χ2v) is 8.78. The maximum absolute atomic E-state index is 11.9. The van der Waals surface area contributed by atoms with Crippen molar-refractivity contribution in [2.75, 3.05) is 0 Å². The van der Waals surface area contributed by atoms with E-state index in [1.807, 2.05) is 18.4 Å². The Morgan fingerprint density at radius 3 is 2.83 bits per heavy atom. The molecule has 1 heterocycles. The van der Waals surface area contributed by atoms with E-state index in [4.69, 9.17) is 4.99 Å². The summed E-state index contributed by atoms with van der Waals surface area (Å²) in [5, 5.41) is 0. The molecule has 1 aromatic heterocycles. The molecule has 4 rings (SSSR count). The number of aromatic amines is 1. The molecule has 0 spiro atoms. The van der Waals surface area contributed by atoms with Gasteiger partial charge in [0, 0.05) is 35.9 Å². The molecule has 30 heavy (non-hydrogen) atoms. The average molecular weight is 399 g/mol. The maximum Gasteiger partial charge on any atom is 0.248 e. The Balaban J connectivity index is 1.73. The van der Waals surface area contributed by atoms with Crippen molar-refractivity contribution < 1.29 is 0 Å². The minimum atomic E-state index is -0.430. The number of hydrogen-bond donors (Lipinski definition) is 1. The molecule has 2 unspecified atom stereocenters. The summed E-state index contributed by atoms with van der Waals surface area (Å²) in [5.41, 5.74) is 6.89. The molecule has 3 nitrogen and oxygen atoms in total. The summed E-state index contributed by atoms with van der Waals surface area (Å²) in [6.07, 6.45) is 12.3. The van der Waals surface area contributed by atoms with Crippen LogP contribution in [0.2, 0.25) is 0 Å². The van der Waals surface area contributed by atoms with E-state index in [1.54, 1.807) is 6.07 Å². The van der Waals surface area contributed by atoms with Gasteiger partial charge in [-0.1, -0.05) is 61.9 Å². The molecule has 1 aromatic carbocycles. The highest BCUT2D eigenvalue weighted by Crippen LogP contribution is 2.51. The third-order valence-corrected chi connectivity index (χ3v) is 6.33. The number of benzene rings is 1. The number of fused-ring (bicyclic) bond motifs is 4. The van der Waals surface area contributed by atoms with Crippen molar-refractivity contribution in [1.29, 1.82) is 0 Å². The van der Waals surface area contributed by atoms with Gasteiger partial charge in [0.2, 0.25) is 5.56 Å². The second kappa shape index (κ2) is 8.06. The zero-order valence-corrected chi connectivity index (χ0v) is 18.3. The van der Waals surface area contributed by atoms with Crippen LogP contribution in [0.5, 0.6) is 0 Å². The minimum absolute atomic E-state index is 0.0412. The zero-order chi connectivity index (χ0) is 21.3. The first-order chi connectivity index (χ1) is 14.4. The maximum atomic E-state index is 11.9. The number of nitrogens with zero attached hydrogens (tertiary/aromatic N) is 1. The number of hydrogen-bond acceptors (Lipinski definition) is 2. The van der Waals surface area contributed by atoms with Crippen molar-refractivity contribution >= 4 is 12.3 Å². The van der Waals surface area contributed by atoms with Crippen molar-refractivity contribution in [3.05, 3.63) is 98.5 Å². The standard InChI is InChI=1S/C27H30N2O/c1-5-23-22-14-19(4)17-27(23,24-11-12-26(30)29-25(24)16-22)28-13-7-9-20-8-6-10-21(15-20)18(2)3/h5-15,18,22H,16-17H2,1-4H3,(H,29,30). The van der Waals surface area contributed by atoms with Gasteiger partial charge in [0.1, 0.15) is 5.54 Å². The predicted octanol–water partition coefficient (Wildman–Crippen LogP) is 5.95. The van der Waals surface area contributed by atoms with E-state index < -0.39 is 5.54 Å². The molecule has 1 N–H and O–H groups in total. The van der Waals surface area contributed by atoms with Crippen LogP contribution in [0.1, 0.15) is 62.4 Å². The fourth-order valence-corrected chi connectivity index (χ4v) is 5.00. The van der Waals surface area contributed by atoms with Gasteiger partial charge in [-0.25, -0.2) is 0 Å². The SMILES string of the molecule is CC=C1C2C=C(C)CC1(N=CC=Cc1cccc(C(C)C)c1)c1ccc(=O)[nH]c1C2. The monoisotopic (exact) mass is 398 g/mol. The van der Waals surface area contributed by atoms with Crippen LogP contribution >= 0.6 is 0 Å². The van der Waals surface area contributed by atoms with Crippen molar-refractivity contribution in [3.8, 4) is 0 Å². The predicted molar refractivity (Wildman–Crippen MR) is 126 cm³/mol. The first-order valence-electron chi connectivity index (χ1n) is 10.8. The molecule has 0 amide bonds. The molecule has 0 radical (unpaired) electrons. The van der Waals surface area contributed by atoms with Crippen molar-refractivity contribution in [2.24, 2.45) is 10.9 Å². The number of aromatic nitrogens is 1. The lowest BCUT2D eigenvalue weighted by Crippen LogP contribution is -2.40. The molecule has 2 aromatic rings. The van der Waals surface area contributed by atoms with Gasteiger partial charge in [-0.05, 0) is 55.0 Å². The van der Waals surface area contributed by atoms with Gasteiger partial charge in [-0.2, -0.15) is 0 Å². The van der Waals surface area contributed by atoms with Gasteiger partial charge in [-0.15, -0.1) is 0 Å². The van der Waals surface area contributed by atoms with E-state index in [2.05, 4.69) is 75.2 Å². The Hall–Kier alpha value is -2.94. The first-order valence-corrected chi connectivity index (χ1v) is 10.8. The van der Waals surface area contributed by atoms with Crippen LogP contribution < -0.4 is 5.56 Å². The summed E-state index contributed by atoms with van der Waals surface area (Å²) in [6.45, 7) is 8.71. The number of pyridine rings is 1. The lowest BCUT2D eigenvalue weighted by Gasteiger charge is -2.45. The molecule has 2 bridgehead atoms. The van der Waals surface area contributed by atoms with Crippen LogP contribution in [0.15, 0.2) is 75.6 Å².